The van der Waals surface area contributed by atoms with Crippen LogP contribution in [-0.2, 0) is 11.3 Å². The summed E-state index contributed by atoms with van der Waals surface area (Å²) in [6.07, 6.45) is 0. The Morgan fingerprint density at radius 3 is 2.70 bits per heavy atom. The van der Waals surface area contributed by atoms with Crippen molar-refractivity contribution in [2.24, 2.45) is 0 Å². The van der Waals surface area contributed by atoms with Crippen molar-refractivity contribution in [3.63, 3.8) is 0 Å². The maximum absolute atomic E-state index is 6.05. The second-order valence-electron chi connectivity index (χ2n) is 5.36. The second-order valence-corrected chi connectivity index (χ2v) is 7.02. The summed E-state index contributed by atoms with van der Waals surface area (Å²) in [6.45, 7) is 3.27. The minimum absolute atomic E-state index is 0.0417. The average molecular weight is 354 g/mol. The molecule has 1 fully saturated rings. The number of halogens is 1. The first-order valence-corrected chi connectivity index (χ1v) is 9.15. The van der Waals surface area contributed by atoms with Crippen LogP contribution in [0.5, 0.6) is 0 Å². The van der Waals surface area contributed by atoms with Gasteiger partial charge < -0.3 is 4.74 Å². The first kappa shape index (κ1) is 16.7. The molecule has 0 spiro atoms. The number of tetrazole rings is 1. The van der Waals surface area contributed by atoms with Crippen molar-refractivity contribution in [2.45, 2.75) is 12.6 Å². The van der Waals surface area contributed by atoms with Crippen LogP contribution in [0.2, 0.25) is 5.02 Å². The molecule has 8 heteroatoms. The van der Waals surface area contributed by atoms with Crippen LogP contribution in [0.1, 0.15) is 17.4 Å². The van der Waals surface area contributed by atoms with E-state index in [2.05, 4.69) is 32.6 Å². The topological polar surface area (TPSA) is 56.1 Å². The quantitative estimate of drug-likeness (QED) is 0.792. The second kappa shape index (κ2) is 8.10. The molecule has 2 aromatic rings. The zero-order chi connectivity index (χ0) is 16.1. The molecule has 1 saturated heterocycles. The van der Waals surface area contributed by atoms with Gasteiger partial charge in [0.25, 0.3) is 0 Å². The lowest BCUT2D eigenvalue weighted by atomic mass is 10.0. The highest BCUT2D eigenvalue weighted by Gasteiger charge is 2.28. The van der Waals surface area contributed by atoms with E-state index in [9.17, 15) is 0 Å². The molecule has 124 valence electrons. The molecule has 3 rings (SSSR count). The van der Waals surface area contributed by atoms with Crippen molar-refractivity contribution in [3.05, 3.63) is 40.7 Å². The van der Waals surface area contributed by atoms with Crippen molar-refractivity contribution in [1.29, 1.82) is 0 Å². The van der Waals surface area contributed by atoms with Crippen LogP contribution in [0.4, 0.5) is 0 Å². The van der Waals surface area contributed by atoms with E-state index >= 15 is 0 Å². The van der Waals surface area contributed by atoms with Gasteiger partial charge >= 0.3 is 0 Å². The summed E-state index contributed by atoms with van der Waals surface area (Å²) >= 11 is 8.04. The number of thioether (sulfide) groups is 1. The van der Waals surface area contributed by atoms with E-state index in [-0.39, 0.29) is 6.04 Å². The number of hydrogen-bond donors (Lipinski definition) is 0. The van der Waals surface area contributed by atoms with Crippen molar-refractivity contribution < 1.29 is 4.74 Å². The Hall–Kier alpha value is -1.15. The first-order valence-electron chi connectivity index (χ1n) is 7.62. The number of hydrogen-bond acceptors (Lipinski definition) is 6. The number of methoxy groups -OCH3 is 1. The van der Waals surface area contributed by atoms with Gasteiger partial charge in [0, 0.05) is 36.7 Å². The zero-order valence-corrected chi connectivity index (χ0v) is 14.6. The van der Waals surface area contributed by atoms with Crippen molar-refractivity contribution in [1.82, 2.24) is 25.1 Å². The number of ether oxygens (including phenoxy) is 1. The van der Waals surface area contributed by atoms with Gasteiger partial charge in [-0.25, -0.2) is 4.68 Å². The van der Waals surface area contributed by atoms with Crippen molar-refractivity contribution >= 4 is 23.4 Å². The van der Waals surface area contributed by atoms with Gasteiger partial charge in [0.15, 0.2) is 5.82 Å². The minimum Gasteiger partial charge on any atom is -0.383 e. The molecule has 23 heavy (non-hydrogen) atoms. The Kier molecular flexibility index (Phi) is 5.88. The summed E-state index contributed by atoms with van der Waals surface area (Å²) in [7, 11) is 1.68. The van der Waals surface area contributed by atoms with Crippen LogP contribution in [0.3, 0.4) is 0 Å². The first-order chi connectivity index (χ1) is 11.3. The summed E-state index contributed by atoms with van der Waals surface area (Å²) in [5.74, 6) is 3.12. The Balaban J connectivity index is 1.94. The fraction of sp³-hybridized carbons (Fsp3) is 0.533. The molecule has 0 amide bonds. The number of benzene rings is 1. The van der Waals surface area contributed by atoms with Crippen LogP contribution in [0.25, 0.3) is 0 Å². The molecule has 1 aromatic carbocycles. The lowest BCUT2D eigenvalue weighted by Crippen LogP contribution is -2.38. The van der Waals surface area contributed by atoms with Crippen molar-refractivity contribution in [3.8, 4) is 0 Å². The SMILES string of the molecule is COCCn1nnnc1[C@@H](c1ccc(Cl)cc1)N1CCSCC1. The lowest BCUT2D eigenvalue weighted by molar-refractivity contribution is 0.176. The third-order valence-electron chi connectivity index (χ3n) is 3.91. The predicted octanol–water partition coefficient (Wildman–Crippen LogP) is 2.11. The van der Waals surface area contributed by atoms with E-state index in [1.165, 1.54) is 0 Å². The maximum atomic E-state index is 6.05. The molecule has 1 atom stereocenters. The lowest BCUT2D eigenvalue weighted by Gasteiger charge is -2.33. The molecular formula is C15H20ClN5OS. The van der Waals surface area contributed by atoms with Gasteiger partial charge in [0.1, 0.15) is 0 Å². The van der Waals surface area contributed by atoms with E-state index < -0.39 is 0 Å². The van der Waals surface area contributed by atoms with Crippen LogP contribution < -0.4 is 0 Å². The summed E-state index contributed by atoms with van der Waals surface area (Å²) < 4.78 is 7.00. The fourth-order valence-corrected chi connectivity index (χ4v) is 3.81. The molecule has 0 aliphatic carbocycles. The van der Waals surface area contributed by atoms with Gasteiger partial charge in [0.05, 0.1) is 19.2 Å². The van der Waals surface area contributed by atoms with Crippen molar-refractivity contribution in [2.75, 3.05) is 38.3 Å². The highest BCUT2D eigenvalue weighted by Crippen LogP contribution is 2.30. The monoisotopic (exact) mass is 353 g/mol. The molecule has 6 nitrogen and oxygen atoms in total. The van der Waals surface area contributed by atoms with Gasteiger partial charge in [-0.05, 0) is 28.1 Å². The van der Waals surface area contributed by atoms with Gasteiger partial charge in [-0.3, -0.25) is 4.90 Å². The third-order valence-corrected chi connectivity index (χ3v) is 5.10. The van der Waals surface area contributed by atoms with Crippen LogP contribution >= 0.6 is 23.4 Å². The van der Waals surface area contributed by atoms with Gasteiger partial charge in [-0.2, -0.15) is 11.8 Å². The van der Waals surface area contributed by atoms with Gasteiger partial charge in [0.2, 0.25) is 0 Å². The molecular weight excluding hydrogens is 334 g/mol. The zero-order valence-electron chi connectivity index (χ0n) is 13.1. The van der Waals surface area contributed by atoms with Gasteiger partial charge in [-0.15, -0.1) is 5.10 Å². The van der Waals surface area contributed by atoms with Crippen LogP contribution in [0.15, 0.2) is 24.3 Å². The predicted molar refractivity (Wildman–Crippen MR) is 91.9 cm³/mol. The standard InChI is InChI=1S/C15H20ClN5OS/c1-22-9-6-21-15(17-18-19-21)14(20-7-10-23-11-8-20)12-2-4-13(16)5-3-12/h2-5,14H,6-11H2,1H3/t14-/m1/s1. The average Bonchev–Trinajstić information content (AvgIpc) is 3.04. The molecule has 2 heterocycles. The van der Waals surface area contributed by atoms with Crippen LogP contribution in [-0.4, -0.2) is 63.4 Å². The molecule has 0 saturated carbocycles. The summed E-state index contributed by atoms with van der Waals surface area (Å²) in [4.78, 5) is 2.44. The molecule has 0 radical (unpaired) electrons. The molecule has 0 unspecified atom stereocenters. The van der Waals surface area contributed by atoms with E-state index in [0.717, 1.165) is 41.0 Å². The molecule has 1 aliphatic heterocycles. The summed E-state index contributed by atoms with van der Waals surface area (Å²) in [5.41, 5.74) is 1.16. The Labute approximate surface area is 145 Å². The Morgan fingerprint density at radius 2 is 2.00 bits per heavy atom. The Bertz CT molecular complexity index is 615. The maximum Gasteiger partial charge on any atom is 0.173 e. The van der Waals surface area contributed by atoms with E-state index in [1.807, 2.05) is 28.6 Å². The fourth-order valence-electron chi connectivity index (χ4n) is 2.75. The third kappa shape index (κ3) is 4.03. The Morgan fingerprint density at radius 1 is 1.26 bits per heavy atom. The minimum atomic E-state index is 0.0417. The summed E-state index contributed by atoms with van der Waals surface area (Å²) in [6, 6.07) is 8.01. The molecule has 1 aliphatic rings. The molecule has 0 bridgehead atoms. The number of rotatable bonds is 6. The number of nitrogens with zero attached hydrogens (tertiary/aromatic N) is 5. The normalized spacial score (nSPS) is 17.3. The van der Waals surface area contributed by atoms with Gasteiger partial charge in [-0.1, -0.05) is 23.7 Å². The molecule has 0 N–H and O–H groups in total. The smallest absolute Gasteiger partial charge is 0.173 e. The van der Waals surface area contributed by atoms with E-state index in [0.29, 0.717) is 13.2 Å². The van der Waals surface area contributed by atoms with E-state index in [4.69, 9.17) is 16.3 Å². The van der Waals surface area contributed by atoms with Crippen LogP contribution in [0, 0.1) is 0 Å². The largest absolute Gasteiger partial charge is 0.383 e. The summed E-state index contributed by atoms with van der Waals surface area (Å²) in [5, 5.41) is 13.1. The highest BCUT2D eigenvalue weighted by atomic mass is 35.5. The van der Waals surface area contributed by atoms with E-state index in [1.54, 1.807) is 7.11 Å². The molecule has 1 aromatic heterocycles. The number of aromatic nitrogens is 4. The highest BCUT2D eigenvalue weighted by molar-refractivity contribution is 7.99.